The lowest BCUT2D eigenvalue weighted by molar-refractivity contribution is -0.935. The highest BCUT2D eigenvalue weighted by Crippen LogP contribution is 2.35. The van der Waals surface area contributed by atoms with Crippen LogP contribution in [0.3, 0.4) is 0 Å². The van der Waals surface area contributed by atoms with E-state index in [0.29, 0.717) is 24.0 Å². The second-order valence-corrected chi connectivity index (χ2v) is 10.4. The van der Waals surface area contributed by atoms with Gasteiger partial charge in [-0.3, -0.25) is 14.5 Å². The number of hydrogen-bond donors (Lipinski definition) is 2. The third kappa shape index (κ3) is 7.31. The van der Waals surface area contributed by atoms with E-state index in [2.05, 4.69) is 59.4 Å². The molecular formula is C30H33BrN3O3+. The summed E-state index contributed by atoms with van der Waals surface area (Å²) in [6.45, 7) is 6.84. The molecule has 2 N–H and O–H groups in total. The van der Waals surface area contributed by atoms with Gasteiger partial charge in [-0.25, -0.2) is 0 Å². The highest BCUT2D eigenvalue weighted by atomic mass is 79.9. The van der Waals surface area contributed by atoms with E-state index < -0.39 is 0 Å². The summed E-state index contributed by atoms with van der Waals surface area (Å²) in [6, 6.07) is 25.8. The third-order valence-corrected chi connectivity index (χ3v) is 6.86. The number of hydrogen-bond acceptors (Lipinski definition) is 3. The summed E-state index contributed by atoms with van der Waals surface area (Å²) in [7, 11) is 0. The fraction of sp³-hybridized carbons (Fsp3) is 0.267. The molecule has 6 nitrogen and oxygen atoms in total. The monoisotopic (exact) mass is 562 g/mol. The van der Waals surface area contributed by atoms with Crippen molar-refractivity contribution in [1.29, 1.82) is 0 Å². The van der Waals surface area contributed by atoms with Crippen molar-refractivity contribution < 1.29 is 19.2 Å². The Labute approximate surface area is 227 Å². The van der Waals surface area contributed by atoms with Crippen LogP contribution in [0.25, 0.3) is 6.08 Å². The second-order valence-electron chi connectivity index (χ2n) is 9.45. The first kappa shape index (κ1) is 26.6. The molecule has 37 heavy (non-hydrogen) atoms. The predicted octanol–water partition coefficient (Wildman–Crippen LogP) is 4.22. The first-order valence-electron chi connectivity index (χ1n) is 12.6. The molecule has 0 spiro atoms. The standard InChI is InChI=1S/C30H32BrN3O3/c1-22(2)33(20-23-10-4-3-5-11-23)17-9-16-32-29(35)21-34-26-14-6-7-15-27(26)37-28(30(34)36)19-24-12-8-13-25(31)18-24/h3-8,10-15,18-19,22H,9,16-17,20-21H2,1-2H3,(H,32,35)/p+1. The number of nitrogens with one attached hydrogen (secondary N) is 2. The van der Waals surface area contributed by atoms with Gasteiger partial charge in [-0.05, 0) is 49.8 Å². The summed E-state index contributed by atoms with van der Waals surface area (Å²) >= 11 is 3.46. The summed E-state index contributed by atoms with van der Waals surface area (Å²) in [4.78, 5) is 29.1. The molecule has 2 amide bonds. The summed E-state index contributed by atoms with van der Waals surface area (Å²) in [5, 5.41) is 3.00. The molecule has 0 bridgehead atoms. The van der Waals surface area contributed by atoms with Crippen molar-refractivity contribution in [2.75, 3.05) is 24.5 Å². The SMILES string of the molecule is CC(C)[NH+](CCCNC(=O)CN1C(=O)C(=Cc2cccc(Br)c2)Oc2ccccc21)Cc1ccccc1. The zero-order chi connectivity index (χ0) is 26.2. The van der Waals surface area contributed by atoms with Gasteiger partial charge in [0.1, 0.15) is 13.1 Å². The van der Waals surface area contributed by atoms with Crippen molar-refractivity contribution in [2.45, 2.75) is 32.9 Å². The maximum absolute atomic E-state index is 13.3. The van der Waals surface area contributed by atoms with E-state index in [4.69, 9.17) is 4.74 Å². The first-order valence-corrected chi connectivity index (χ1v) is 13.4. The third-order valence-electron chi connectivity index (χ3n) is 6.37. The van der Waals surface area contributed by atoms with Gasteiger partial charge in [-0.1, -0.05) is 70.5 Å². The van der Waals surface area contributed by atoms with Crippen molar-refractivity contribution in [1.82, 2.24) is 5.32 Å². The summed E-state index contributed by atoms with van der Waals surface area (Å²) in [5.74, 6) is 0.197. The van der Waals surface area contributed by atoms with Gasteiger partial charge >= 0.3 is 0 Å². The zero-order valence-corrected chi connectivity index (χ0v) is 22.8. The minimum atomic E-state index is -0.341. The molecule has 0 aromatic heterocycles. The summed E-state index contributed by atoms with van der Waals surface area (Å²) in [5.41, 5.74) is 2.73. The quantitative estimate of drug-likeness (QED) is 0.287. The number of carbonyl (C=O) groups excluding carboxylic acids is 2. The fourth-order valence-electron chi connectivity index (χ4n) is 4.35. The molecule has 0 fully saturated rings. The van der Waals surface area contributed by atoms with Crippen LogP contribution < -0.4 is 19.9 Å². The van der Waals surface area contributed by atoms with Gasteiger partial charge in [-0.2, -0.15) is 0 Å². The van der Waals surface area contributed by atoms with Crippen LogP contribution in [0.4, 0.5) is 5.69 Å². The molecule has 0 radical (unpaired) electrons. The Hall–Kier alpha value is -3.42. The minimum Gasteiger partial charge on any atom is -0.449 e. The van der Waals surface area contributed by atoms with Gasteiger partial charge in [0.15, 0.2) is 11.5 Å². The van der Waals surface area contributed by atoms with Gasteiger partial charge in [0, 0.05) is 23.0 Å². The van der Waals surface area contributed by atoms with Crippen LogP contribution >= 0.6 is 15.9 Å². The molecule has 1 aliphatic heterocycles. The van der Waals surface area contributed by atoms with Crippen LogP contribution in [0.2, 0.25) is 0 Å². The van der Waals surface area contributed by atoms with E-state index in [1.165, 1.54) is 15.4 Å². The number of halogens is 1. The Bertz CT molecular complexity index is 1260. The molecule has 3 aromatic rings. The molecule has 192 valence electrons. The molecule has 4 rings (SSSR count). The molecule has 0 aliphatic carbocycles. The first-order chi connectivity index (χ1) is 17.9. The molecular weight excluding hydrogens is 530 g/mol. The van der Waals surface area contributed by atoms with Gasteiger partial charge in [0.25, 0.3) is 5.91 Å². The van der Waals surface area contributed by atoms with Crippen LogP contribution in [-0.4, -0.2) is 37.5 Å². The Morgan fingerprint density at radius 3 is 2.57 bits per heavy atom. The van der Waals surface area contributed by atoms with Crippen LogP contribution in [0.5, 0.6) is 5.75 Å². The van der Waals surface area contributed by atoms with E-state index in [9.17, 15) is 9.59 Å². The van der Waals surface area contributed by atoms with Gasteiger partial charge in [0.2, 0.25) is 5.91 Å². The lowest BCUT2D eigenvalue weighted by Crippen LogP contribution is -3.13. The van der Waals surface area contributed by atoms with Crippen LogP contribution in [0, 0.1) is 0 Å². The van der Waals surface area contributed by atoms with E-state index >= 15 is 0 Å². The summed E-state index contributed by atoms with van der Waals surface area (Å²) in [6.07, 6.45) is 2.55. The van der Waals surface area contributed by atoms with E-state index in [1.54, 1.807) is 18.2 Å². The van der Waals surface area contributed by atoms with Gasteiger partial charge in [-0.15, -0.1) is 0 Å². The van der Waals surface area contributed by atoms with Gasteiger partial charge < -0.3 is 15.0 Å². The van der Waals surface area contributed by atoms with Gasteiger partial charge in [0.05, 0.1) is 18.3 Å². The molecule has 1 unspecified atom stereocenters. The van der Waals surface area contributed by atoms with Crippen molar-refractivity contribution in [3.63, 3.8) is 0 Å². The number of para-hydroxylation sites is 2. The van der Waals surface area contributed by atoms with Crippen LogP contribution in [-0.2, 0) is 16.1 Å². The Morgan fingerprint density at radius 2 is 1.81 bits per heavy atom. The topological polar surface area (TPSA) is 63.1 Å². The maximum atomic E-state index is 13.3. The molecule has 1 heterocycles. The van der Waals surface area contributed by atoms with Crippen molar-refractivity contribution >= 4 is 39.5 Å². The largest absolute Gasteiger partial charge is 0.449 e. The van der Waals surface area contributed by atoms with Crippen molar-refractivity contribution in [3.05, 3.63) is 100 Å². The summed E-state index contributed by atoms with van der Waals surface area (Å²) < 4.78 is 6.82. The highest BCUT2D eigenvalue weighted by Gasteiger charge is 2.31. The minimum absolute atomic E-state index is 0.0696. The predicted molar refractivity (Wildman–Crippen MR) is 150 cm³/mol. The number of benzene rings is 3. The Balaban J connectivity index is 1.37. The number of nitrogens with zero attached hydrogens (tertiary/aromatic N) is 1. The van der Waals surface area contributed by atoms with E-state index in [1.807, 2.05) is 42.5 Å². The number of quaternary nitrogens is 1. The number of anilines is 1. The molecule has 3 aromatic carbocycles. The van der Waals surface area contributed by atoms with Crippen LogP contribution in [0.15, 0.2) is 89.1 Å². The number of ether oxygens (including phenoxy) is 1. The fourth-order valence-corrected chi connectivity index (χ4v) is 4.77. The Kier molecular flexibility index (Phi) is 9.14. The molecule has 7 heteroatoms. The maximum Gasteiger partial charge on any atom is 0.294 e. The highest BCUT2D eigenvalue weighted by molar-refractivity contribution is 9.10. The lowest BCUT2D eigenvalue weighted by Gasteiger charge is -2.30. The lowest BCUT2D eigenvalue weighted by atomic mass is 10.1. The normalized spacial score (nSPS) is 14.9. The van der Waals surface area contributed by atoms with Crippen LogP contribution in [0.1, 0.15) is 31.4 Å². The molecule has 0 saturated carbocycles. The molecule has 1 atom stereocenters. The smallest absolute Gasteiger partial charge is 0.294 e. The Morgan fingerprint density at radius 1 is 1.05 bits per heavy atom. The number of fused-ring (bicyclic) bond motifs is 1. The number of rotatable bonds is 10. The van der Waals surface area contributed by atoms with E-state index in [0.717, 1.165) is 29.5 Å². The van der Waals surface area contributed by atoms with Crippen molar-refractivity contribution in [3.8, 4) is 5.75 Å². The molecule has 0 saturated heterocycles. The average Bonchev–Trinajstić information content (AvgIpc) is 2.89. The molecule has 1 aliphatic rings. The number of amides is 2. The zero-order valence-electron chi connectivity index (χ0n) is 21.2. The second kappa shape index (κ2) is 12.7. The van der Waals surface area contributed by atoms with E-state index in [-0.39, 0.29) is 24.1 Å². The number of carbonyl (C=O) groups is 2. The average molecular weight is 564 g/mol. The van der Waals surface area contributed by atoms with Crippen molar-refractivity contribution in [2.24, 2.45) is 0 Å².